The molecule has 6 nitrogen and oxygen atoms in total. The zero-order valence-electron chi connectivity index (χ0n) is 16.1. The van der Waals surface area contributed by atoms with Crippen molar-refractivity contribution in [2.45, 2.75) is 6.54 Å². The number of anilines is 1. The molecule has 0 unspecified atom stereocenters. The lowest BCUT2D eigenvalue weighted by molar-refractivity contribution is 0.0984. The third kappa shape index (κ3) is 4.23. The van der Waals surface area contributed by atoms with Crippen LogP contribution < -0.4 is 19.1 Å². The Morgan fingerprint density at radius 1 is 0.929 bits per heavy atom. The first kappa shape index (κ1) is 19.2. The average Bonchev–Trinajstić information content (AvgIpc) is 2.77. The van der Waals surface area contributed by atoms with Crippen LogP contribution in [0.2, 0.25) is 0 Å². The molecule has 0 saturated heterocycles. The highest BCUT2D eigenvalue weighted by molar-refractivity contribution is 6.06. The maximum Gasteiger partial charge on any atom is 0.258 e. The second-order valence-corrected chi connectivity index (χ2v) is 6.02. The van der Waals surface area contributed by atoms with E-state index >= 15 is 0 Å². The van der Waals surface area contributed by atoms with Crippen LogP contribution in [0.4, 0.5) is 5.69 Å². The molecule has 6 heteroatoms. The predicted molar refractivity (Wildman–Crippen MR) is 107 cm³/mol. The zero-order chi connectivity index (χ0) is 19.9. The summed E-state index contributed by atoms with van der Waals surface area (Å²) in [6, 6.07) is 16.3. The second-order valence-electron chi connectivity index (χ2n) is 6.02. The molecule has 0 aliphatic heterocycles. The minimum atomic E-state index is -0.168. The highest BCUT2D eigenvalue weighted by Gasteiger charge is 2.20. The van der Waals surface area contributed by atoms with Crippen molar-refractivity contribution >= 4 is 11.6 Å². The summed E-state index contributed by atoms with van der Waals surface area (Å²) in [5.74, 6) is 1.58. The summed E-state index contributed by atoms with van der Waals surface area (Å²) >= 11 is 0. The molecule has 0 spiro atoms. The molecule has 3 aromatic rings. The molecule has 0 bridgehead atoms. The summed E-state index contributed by atoms with van der Waals surface area (Å²) in [5, 5.41) is 0. The van der Waals surface area contributed by atoms with E-state index in [1.807, 2.05) is 36.4 Å². The van der Waals surface area contributed by atoms with E-state index in [4.69, 9.17) is 14.2 Å². The Morgan fingerprint density at radius 3 is 2.43 bits per heavy atom. The van der Waals surface area contributed by atoms with E-state index in [0.29, 0.717) is 29.4 Å². The number of carbonyl (C=O) groups excluding carboxylic acids is 1. The molecule has 28 heavy (non-hydrogen) atoms. The first-order valence-corrected chi connectivity index (χ1v) is 8.73. The Bertz CT molecular complexity index is 944. The minimum Gasteiger partial charge on any atom is -0.497 e. The largest absolute Gasteiger partial charge is 0.497 e. The van der Waals surface area contributed by atoms with E-state index in [2.05, 4.69) is 4.98 Å². The van der Waals surface area contributed by atoms with Crippen molar-refractivity contribution in [2.75, 3.05) is 26.2 Å². The van der Waals surface area contributed by atoms with Crippen molar-refractivity contribution in [3.63, 3.8) is 0 Å². The molecule has 3 rings (SSSR count). The first-order chi connectivity index (χ1) is 13.7. The van der Waals surface area contributed by atoms with Crippen LogP contribution in [0.1, 0.15) is 15.9 Å². The quantitative estimate of drug-likeness (QED) is 0.623. The van der Waals surface area contributed by atoms with E-state index in [0.717, 1.165) is 11.3 Å². The fraction of sp³-hybridized carbons (Fsp3) is 0.182. The fourth-order valence-electron chi connectivity index (χ4n) is 2.86. The Balaban J connectivity index is 2.01. The molecule has 2 aromatic carbocycles. The Labute approximate surface area is 164 Å². The van der Waals surface area contributed by atoms with Crippen molar-refractivity contribution in [1.29, 1.82) is 0 Å². The summed E-state index contributed by atoms with van der Waals surface area (Å²) in [6.07, 6.45) is 3.45. The number of methoxy groups -OCH3 is 3. The number of carbonyl (C=O) groups is 1. The Kier molecular flexibility index (Phi) is 6.11. The van der Waals surface area contributed by atoms with Crippen LogP contribution in [0, 0.1) is 0 Å². The second kappa shape index (κ2) is 8.90. The van der Waals surface area contributed by atoms with Gasteiger partial charge in [-0.3, -0.25) is 9.78 Å². The summed E-state index contributed by atoms with van der Waals surface area (Å²) in [7, 11) is 4.70. The van der Waals surface area contributed by atoms with Crippen LogP contribution in [0.25, 0.3) is 0 Å². The number of ether oxygens (including phenoxy) is 3. The van der Waals surface area contributed by atoms with Crippen molar-refractivity contribution < 1.29 is 19.0 Å². The molecule has 0 N–H and O–H groups in total. The summed E-state index contributed by atoms with van der Waals surface area (Å²) in [4.78, 5) is 19.2. The third-order valence-electron chi connectivity index (χ3n) is 4.30. The molecule has 0 aliphatic rings. The molecular weight excluding hydrogens is 356 g/mol. The van der Waals surface area contributed by atoms with Gasteiger partial charge < -0.3 is 19.1 Å². The number of nitrogens with zero attached hydrogens (tertiary/aromatic N) is 2. The highest BCUT2D eigenvalue weighted by atomic mass is 16.5. The van der Waals surface area contributed by atoms with Gasteiger partial charge in [-0.1, -0.05) is 12.1 Å². The molecule has 1 aromatic heterocycles. The van der Waals surface area contributed by atoms with Crippen molar-refractivity contribution in [3.8, 4) is 17.2 Å². The van der Waals surface area contributed by atoms with Crippen LogP contribution in [-0.2, 0) is 6.54 Å². The number of rotatable bonds is 7. The third-order valence-corrected chi connectivity index (χ3v) is 4.30. The molecule has 0 atom stereocenters. The van der Waals surface area contributed by atoms with Crippen molar-refractivity contribution in [2.24, 2.45) is 0 Å². The Morgan fingerprint density at radius 2 is 1.75 bits per heavy atom. The highest BCUT2D eigenvalue weighted by Crippen LogP contribution is 2.30. The number of aromatic nitrogens is 1. The molecule has 0 fully saturated rings. The van der Waals surface area contributed by atoms with Crippen LogP contribution in [0.3, 0.4) is 0 Å². The van der Waals surface area contributed by atoms with E-state index in [9.17, 15) is 4.79 Å². The van der Waals surface area contributed by atoms with Gasteiger partial charge in [0.25, 0.3) is 5.91 Å². The maximum atomic E-state index is 13.4. The first-order valence-electron chi connectivity index (χ1n) is 8.73. The number of hydrogen-bond acceptors (Lipinski definition) is 5. The van der Waals surface area contributed by atoms with E-state index in [1.54, 1.807) is 56.8 Å². The van der Waals surface area contributed by atoms with Gasteiger partial charge in [-0.15, -0.1) is 0 Å². The molecule has 0 radical (unpaired) electrons. The van der Waals surface area contributed by atoms with E-state index < -0.39 is 0 Å². The van der Waals surface area contributed by atoms with Crippen LogP contribution in [0.15, 0.2) is 67.0 Å². The van der Waals surface area contributed by atoms with Crippen molar-refractivity contribution in [3.05, 3.63) is 78.1 Å². The monoisotopic (exact) mass is 378 g/mol. The molecular formula is C22H22N2O4. The van der Waals surface area contributed by atoms with Gasteiger partial charge in [-0.05, 0) is 42.0 Å². The fourth-order valence-corrected chi connectivity index (χ4v) is 2.86. The van der Waals surface area contributed by atoms with E-state index in [-0.39, 0.29) is 5.91 Å². The van der Waals surface area contributed by atoms with Crippen LogP contribution in [0.5, 0.6) is 17.2 Å². The molecule has 1 amide bonds. The smallest absolute Gasteiger partial charge is 0.258 e. The lowest BCUT2D eigenvalue weighted by Crippen LogP contribution is -2.30. The van der Waals surface area contributed by atoms with Gasteiger partial charge in [-0.2, -0.15) is 0 Å². The number of pyridine rings is 1. The van der Waals surface area contributed by atoms with Gasteiger partial charge in [0, 0.05) is 29.7 Å². The van der Waals surface area contributed by atoms with E-state index in [1.165, 1.54) is 0 Å². The predicted octanol–water partition coefficient (Wildman–Crippen LogP) is 3.95. The van der Waals surface area contributed by atoms with Gasteiger partial charge in [0.05, 0.1) is 27.9 Å². The topological polar surface area (TPSA) is 60.9 Å². The van der Waals surface area contributed by atoms with Crippen LogP contribution in [-0.4, -0.2) is 32.2 Å². The maximum absolute atomic E-state index is 13.4. The SMILES string of the molecule is COc1cccc(N(Cc2cccnc2)C(=O)c2ccc(OC)c(OC)c2)c1. The summed E-state index contributed by atoms with van der Waals surface area (Å²) < 4.78 is 15.9. The van der Waals surface area contributed by atoms with Crippen molar-refractivity contribution in [1.82, 2.24) is 4.98 Å². The zero-order valence-corrected chi connectivity index (χ0v) is 16.1. The molecule has 0 aliphatic carbocycles. The van der Waals surface area contributed by atoms with Gasteiger partial charge in [0.2, 0.25) is 0 Å². The summed E-state index contributed by atoms with van der Waals surface area (Å²) in [6.45, 7) is 0.369. The Hall–Kier alpha value is -3.54. The molecule has 0 saturated carbocycles. The van der Waals surface area contributed by atoms with Gasteiger partial charge in [0.15, 0.2) is 11.5 Å². The van der Waals surface area contributed by atoms with Gasteiger partial charge in [0.1, 0.15) is 5.75 Å². The van der Waals surface area contributed by atoms with Gasteiger partial charge >= 0.3 is 0 Å². The number of amides is 1. The normalized spacial score (nSPS) is 10.2. The summed E-state index contributed by atoms with van der Waals surface area (Å²) in [5.41, 5.74) is 2.13. The average molecular weight is 378 g/mol. The lowest BCUT2D eigenvalue weighted by atomic mass is 10.1. The standard InChI is InChI=1S/C22H22N2O4/c1-26-19-8-4-7-18(13-19)24(15-16-6-5-11-23-14-16)22(25)17-9-10-20(27-2)21(12-17)28-3/h4-14H,15H2,1-3H3. The molecule has 144 valence electrons. The number of hydrogen-bond donors (Lipinski definition) is 0. The molecule has 1 heterocycles. The van der Waals surface area contributed by atoms with Gasteiger partial charge in [-0.25, -0.2) is 0 Å². The minimum absolute atomic E-state index is 0.168. The lowest BCUT2D eigenvalue weighted by Gasteiger charge is -2.24. The van der Waals surface area contributed by atoms with Crippen LogP contribution >= 0.6 is 0 Å². The number of benzene rings is 2.